The maximum atomic E-state index is 12.6. The van der Waals surface area contributed by atoms with E-state index in [2.05, 4.69) is 11.4 Å². The number of halogens is 3. The van der Waals surface area contributed by atoms with Crippen LogP contribution in [0.5, 0.6) is 0 Å². The molecule has 0 heterocycles. The van der Waals surface area contributed by atoms with E-state index in [4.69, 9.17) is 0 Å². The van der Waals surface area contributed by atoms with Gasteiger partial charge >= 0.3 is 6.18 Å². The SMILES string of the molecule is CNC1CCc2c(-c3ccc(C(F)(F)F)cc3)cccc21. The second kappa shape index (κ2) is 5.19. The zero-order valence-corrected chi connectivity index (χ0v) is 11.7. The largest absolute Gasteiger partial charge is 0.416 e. The summed E-state index contributed by atoms with van der Waals surface area (Å²) in [6, 6.07) is 11.8. The van der Waals surface area contributed by atoms with E-state index >= 15 is 0 Å². The Morgan fingerprint density at radius 3 is 2.38 bits per heavy atom. The normalized spacial score (nSPS) is 17.8. The maximum Gasteiger partial charge on any atom is 0.416 e. The summed E-state index contributed by atoms with van der Waals surface area (Å²) in [6.45, 7) is 0. The molecule has 0 saturated carbocycles. The summed E-state index contributed by atoms with van der Waals surface area (Å²) >= 11 is 0. The molecule has 2 aromatic rings. The second-order valence-corrected chi connectivity index (χ2v) is 5.33. The van der Waals surface area contributed by atoms with Gasteiger partial charge in [0, 0.05) is 6.04 Å². The lowest BCUT2D eigenvalue weighted by Gasteiger charge is -2.13. The minimum absolute atomic E-state index is 0.342. The average Bonchev–Trinajstić information content (AvgIpc) is 2.89. The molecule has 1 aliphatic rings. The fourth-order valence-electron chi connectivity index (χ4n) is 3.06. The summed E-state index contributed by atoms with van der Waals surface area (Å²) in [7, 11) is 1.94. The summed E-state index contributed by atoms with van der Waals surface area (Å²) in [6.07, 6.45) is -2.30. The average molecular weight is 291 g/mol. The van der Waals surface area contributed by atoms with Crippen molar-refractivity contribution < 1.29 is 13.2 Å². The molecule has 4 heteroatoms. The third kappa shape index (κ3) is 2.56. The van der Waals surface area contributed by atoms with Crippen LogP contribution >= 0.6 is 0 Å². The van der Waals surface area contributed by atoms with E-state index in [0.29, 0.717) is 6.04 Å². The van der Waals surface area contributed by atoms with E-state index in [1.807, 2.05) is 19.2 Å². The topological polar surface area (TPSA) is 12.0 Å². The first-order chi connectivity index (χ1) is 10.0. The van der Waals surface area contributed by atoms with E-state index in [-0.39, 0.29) is 0 Å². The van der Waals surface area contributed by atoms with Crippen molar-refractivity contribution in [2.24, 2.45) is 0 Å². The highest BCUT2D eigenvalue weighted by Gasteiger charge is 2.30. The van der Waals surface area contributed by atoms with Gasteiger partial charge in [-0.1, -0.05) is 30.3 Å². The van der Waals surface area contributed by atoms with Crippen LogP contribution in [0.2, 0.25) is 0 Å². The zero-order chi connectivity index (χ0) is 15.0. The predicted molar refractivity (Wildman–Crippen MR) is 77.0 cm³/mol. The van der Waals surface area contributed by atoms with Crippen molar-refractivity contribution in [2.45, 2.75) is 25.1 Å². The van der Waals surface area contributed by atoms with Crippen LogP contribution < -0.4 is 5.32 Å². The number of benzene rings is 2. The highest BCUT2D eigenvalue weighted by Crippen LogP contribution is 2.38. The Labute approximate surface area is 121 Å². The first kappa shape index (κ1) is 14.1. The van der Waals surface area contributed by atoms with E-state index < -0.39 is 11.7 Å². The maximum absolute atomic E-state index is 12.6. The predicted octanol–water partition coefficient (Wildman–Crippen LogP) is 4.58. The third-order valence-electron chi connectivity index (χ3n) is 4.14. The van der Waals surface area contributed by atoms with Crippen LogP contribution in [0.3, 0.4) is 0 Å². The Morgan fingerprint density at radius 1 is 1.05 bits per heavy atom. The molecule has 0 amide bonds. The van der Waals surface area contributed by atoms with Crippen molar-refractivity contribution in [3.63, 3.8) is 0 Å². The van der Waals surface area contributed by atoms with Crippen LogP contribution in [0.15, 0.2) is 42.5 Å². The van der Waals surface area contributed by atoms with Gasteiger partial charge in [0.1, 0.15) is 0 Å². The lowest BCUT2D eigenvalue weighted by molar-refractivity contribution is -0.137. The standard InChI is InChI=1S/C17H16F3N/c1-21-16-10-9-14-13(3-2-4-15(14)16)11-5-7-12(8-6-11)17(18,19)20/h2-8,16,21H,9-10H2,1H3. The third-order valence-corrected chi connectivity index (χ3v) is 4.14. The van der Waals surface area contributed by atoms with E-state index in [1.54, 1.807) is 12.1 Å². The Bertz CT molecular complexity index is 644. The van der Waals surface area contributed by atoms with Gasteiger partial charge in [-0.05, 0) is 54.3 Å². The molecule has 0 saturated heterocycles. The summed E-state index contributed by atoms with van der Waals surface area (Å²) in [5.74, 6) is 0. The lowest BCUT2D eigenvalue weighted by atomic mass is 9.95. The van der Waals surface area contributed by atoms with Gasteiger partial charge in [-0.2, -0.15) is 13.2 Å². The van der Waals surface area contributed by atoms with Crippen molar-refractivity contribution in [3.8, 4) is 11.1 Å². The molecule has 2 aromatic carbocycles. The van der Waals surface area contributed by atoms with Gasteiger partial charge in [-0.25, -0.2) is 0 Å². The Hall–Kier alpha value is -1.81. The van der Waals surface area contributed by atoms with Crippen LogP contribution in [0, 0.1) is 0 Å². The quantitative estimate of drug-likeness (QED) is 0.854. The van der Waals surface area contributed by atoms with Crippen LogP contribution in [0.25, 0.3) is 11.1 Å². The van der Waals surface area contributed by atoms with E-state index in [1.165, 1.54) is 11.1 Å². The Balaban J connectivity index is 2.01. The summed E-state index contributed by atoms with van der Waals surface area (Å²) in [4.78, 5) is 0. The van der Waals surface area contributed by atoms with E-state index in [0.717, 1.165) is 36.1 Å². The first-order valence-electron chi connectivity index (χ1n) is 6.97. The van der Waals surface area contributed by atoms with Crippen LogP contribution in [0.1, 0.15) is 29.2 Å². The zero-order valence-electron chi connectivity index (χ0n) is 11.7. The molecule has 3 rings (SSSR count). The van der Waals surface area contributed by atoms with Crippen LogP contribution in [-0.2, 0) is 12.6 Å². The van der Waals surface area contributed by atoms with Crippen LogP contribution in [-0.4, -0.2) is 7.05 Å². The van der Waals surface area contributed by atoms with Gasteiger partial charge in [0.15, 0.2) is 0 Å². The number of fused-ring (bicyclic) bond motifs is 1. The van der Waals surface area contributed by atoms with Gasteiger partial charge in [0.05, 0.1) is 5.56 Å². The van der Waals surface area contributed by atoms with Crippen molar-refractivity contribution in [1.29, 1.82) is 0 Å². The number of nitrogens with one attached hydrogen (secondary N) is 1. The van der Waals surface area contributed by atoms with Crippen molar-refractivity contribution in [1.82, 2.24) is 5.32 Å². The van der Waals surface area contributed by atoms with Gasteiger partial charge < -0.3 is 5.32 Å². The molecule has 1 aliphatic carbocycles. The van der Waals surface area contributed by atoms with Crippen LogP contribution in [0.4, 0.5) is 13.2 Å². The number of rotatable bonds is 2. The highest BCUT2D eigenvalue weighted by atomic mass is 19.4. The van der Waals surface area contributed by atoms with Gasteiger partial charge in [0.2, 0.25) is 0 Å². The fourth-order valence-corrected chi connectivity index (χ4v) is 3.06. The lowest BCUT2D eigenvalue weighted by Crippen LogP contribution is -2.12. The molecule has 1 N–H and O–H groups in total. The van der Waals surface area contributed by atoms with Gasteiger partial charge in [-0.3, -0.25) is 0 Å². The molecule has 110 valence electrons. The molecule has 0 bridgehead atoms. The molecular weight excluding hydrogens is 275 g/mol. The minimum Gasteiger partial charge on any atom is -0.313 e. The molecule has 1 atom stereocenters. The monoisotopic (exact) mass is 291 g/mol. The highest BCUT2D eigenvalue weighted by molar-refractivity contribution is 5.70. The molecule has 0 aromatic heterocycles. The second-order valence-electron chi connectivity index (χ2n) is 5.33. The smallest absolute Gasteiger partial charge is 0.313 e. The summed E-state index contributed by atoms with van der Waals surface area (Å²) in [5.41, 5.74) is 3.79. The van der Waals surface area contributed by atoms with Gasteiger partial charge in [0.25, 0.3) is 0 Å². The summed E-state index contributed by atoms with van der Waals surface area (Å²) in [5, 5.41) is 3.28. The van der Waals surface area contributed by atoms with Gasteiger partial charge in [-0.15, -0.1) is 0 Å². The molecule has 1 nitrogen and oxygen atoms in total. The Morgan fingerprint density at radius 2 is 1.76 bits per heavy atom. The van der Waals surface area contributed by atoms with Crippen molar-refractivity contribution in [3.05, 3.63) is 59.2 Å². The molecular formula is C17H16F3N. The molecule has 0 aliphatic heterocycles. The number of hydrogen-bond donors (Lipinski definition) is 1. The molecule has 0 spiro atoms. The fraction of sp³-hybridized carbons (Fsp3) is 0.294. The van der Waals surface area contributed by atoms with Crippen molar-refractivity contribution in [2.75, 3.05) is 7.05 Å². The summed E-state index contributed by atoms with van der Waals surface area (Å²) < 4.78 is 37.9. The Kier molecular flexibility index (Phi) is 3.49. The van der Waals surface area contributed by atoms with Crippen molar-refractivity contribution >= 4 is 0 Å². The van der Waals surface area contributed by atoms with E-state index in [9.17, 15) is 13.2 Å². The molecule has 21 heavy (non-hydrogen) atoms. The molecule has 0 fully saturated rings. The molecule has 1 unspecified atom stereocenters. The minimum atomic E-state index is -4.28. The first-order valence-corrected chi connectivity index (χ1v) is 6.97. The number of hydrogen-bond acceptors (Lipinski definition) is 1. The number of alkyl halides is 3. The molecule has 0 radical (unpaired) electrons.